The van der Waals surface area contributed by atoms with Gasteiger partial charge < -0.3 is 14.8 Å². The van der Waals surface area contributed by atoms with Gasteiger partial charge in [-0.1, -0.05) is 111 Å². The Labute approximate surface area is 214 Å². The van der Waals surface area contributed by atoms with E-state index in [1.54, 1.807) is 0 Å². The molecule has 0 aromatic heterocycles. The zero-order valence-electron chi connectivity index (χ0n) is 23.0. The van der Waals surface area contributed by atoms with Gasteiger partial charge in [0.05, 0.1) is 5.92 Å². The van der Waals surface area contributed by atoms with Crippen LogP contribution < -0.4 is 5.32 Å². The normalized spacial score (nSPS) is 19.8. The largest absolute Gasteiger partial charge is 0.461 e. The number of esters is 2. The first kappa shape index (κ1) is 31.4. The highest BCUT2D eigenvalue weighted by Crippen LogP contribution is 2.33. The Morgan fingerprint density at radius 3 is 2.06 bits per heavy atom. The molecule has 0 spiro atoms. The van der Waals surface area contributed by atoms with E-state index >= 15 is 0 Å². The number of hydrogen-bond acceptors (Lipinski definition) is 5. The van der Waals surface area contributed by atoms with E-state index in [-0.39, 0.29) is 36.0 Å². The van der Waals surface area contributed by atoms with Crippen LogP contribution in [0.3, 0.4) is 0 Å². The lowest BCUT2D eigenvalue weighted by Gasteiger charge is -2.37. The number of rotatable bonds is 23. The Bertz CT molecular complexity index is 581. The molecule has 1 heterocycles. The molecule has 6 nitrogen and oxygen atoms in total. The van der Waals surface area contributed by atoms with Crippen molar-refractivity contribution in [1.29, 1.82) is 0 Å². The maximum absolute atomic E-state index is 12.9. The molecule has 1 aliphatic rings. The van der Waals surface area contributed by atoms with E-state index < -0.39 is 6.04 Å². The van der Waals surface area contributed by atoms with E-state index in [1.165, 1.54) is 57.8 Å². The molecule has 0 aromatic carbocycles. The molecule has 1 aliphatic heterocycles. The molecule has 0 aromatic rings. The van der Waals surface area contributed by atoms with Crippen LogP contribution in [0.15, 0.2) is 0 Å². The van der Waals surface area contributed by atoms with Crippen LogP contribution in [-0.2, 0) is 23.9 Å². The first-order valence-electron chi connectivity index (χ1n) is 14.6. The zero-order valence-corrected chi connectivity index (χ0v) is 23.0. The number of amides is 1. The van der Waals surface area contributed by atoms with Gasteiger partial charge in [-0.2, -0.15) is 0 Å². The summed E-state index contributed by atoms with van der Waals surface area (Å²) in [4.78, 5) is 36.1. The van der Waals surface area contributed by atoms with Crippen LogP contribution in [0.5, 0.6) is 0 Å². The summed E-state index contributed by atoms with van der Waals surface area (Å²) in [6.07, 6.45) is 18.7. The topological polar surface area (TPSA) is 81.7 Å². The third-order valence-corrected chi connectivity index (χ3v) is 7.51. The molecule has 0 aliphatic carbocycles. The third kappa shape index (κ3) is 12.8. The van der Waals surface area contributed by atoms with Gasteiger partial charge in [0, 0.05) is 6.42 Å². The van der Waals surface area contributed by atoms with Crippen molar-refractivity contribution in [1.82, 2.24) is 5.32 Å². The van der Waals surface area contributed by atoms with Crippen LogP contribution in [0.2, 0.25) is 0 Å². The number of ether oxygens (including phenoxy) is 2. The van der Waals surface area contributed by atoms with E-state index in [2.05, 4.69) is 19.2 Å². The molecule has 6 heteroatoms. The average molecular weight is 496 g/mol. The second kappa shape index (κ2) is 19.6. The Morgan fingerprint density at radius 1 is 0.943 bits per heavy atom. The summed E-state index contributed by atoms with van der Waals surface area (Å²) in [5, 5.41) is 2.64. The Balaban J connectivity index is 2.60. The lowest BCUT2D eigenvalue weighted by atomic mass is 9.86. The van der Waals surface area contributed by atoms with Crippen molar-refractivity contribution in [2.45, 2.75) is 155 Å². The predicted molar refractivity (Wildman–Crippen MR) is 141 cm³/mol. The lowest BCUT2D eigenvalue weighted by molar-refractivity contribution is -0.190. The van der Waals surface area contributed by atoms with E-state index in [4.69, 9.17) is 9.47 Å². The van der Waals surface area contributed by atoms with Gasteiger partial charge in [0.1, 0.15) is 18.2 Å². The predicted octanol–water partition coefficient (Wildman–Crippen LogP) is 6.88. The summed E-state index contributed by atoms with van der Waals surface area (Å²) in [6.45, 7) is 8.35. The lowest BCUT2D eigenvalue weighted by Crippen LogP contribution is -2.48. The third-order valence-electron chi connectivity index (χ3n) is 7.51. The molecule has 0 saturated carbocycles. The van der Waals surface area contributed by atoms with Gasteiger partial charge in [0.25, 0.3) is 0 Å². The van der Waals surface area contributed by atoms with Crippen molar-refractivity contribution < 1.29 is 23.9 Å². The van der Waals surface area contributed by atoms with Gasteiger partial charge in [0.2, 0.25) is 6.41 Å². The fourth-order valence-electron chi connectivity index (χ4n) is 4.88. The number of cyclic esters (lactones) is 1. The van der Waals surface area contributed by atoms with Crippen molar-refractivity contribution in [2.75, 3.05) is 0 Å². The quantitative estimate of drug-likeness (QED) is 0.0949. The number of nitrogens with one attached hydrogen (secondary N) is 1. The van der Waals surface area contributed by atoms with Crippen LogP contribution in [-0.4, -0.2) is 36.6 Å². The van der Waals surface area contributed by atoms with Gasteiger partial charge in [-0.25, -0.2) is 4.79 Å². The SMILES string of the molecule is CCCCCCCCCCC[C@@H](C[C@@H]1OC(=O)[C@H]1CCCCCC)OC(=O)[C@H](NC=O)[C@H](C)CC. The molecule has 1 amide bonds. The number of carbonyl (C=O) groups is 3. The minimum atomic E-state index is -0.642. The highest BCUT2D eigenvalue weighted by Gasteiger charge is 2.43. The number of hydrogen-bond donors (Lipinski definition) is 1. The zero-order chi connectivity index (χ0) is 25.9. The monoisotopic (exact) mass is 495 g/mol. The van der Waals surface area contributed by atoms with Gasteiger partial charge >= 0.3 is 11.9 Å². The molecular formula is C29H53NO5. The van der Waals surface area contributed by atoms with Gasteiger partial charge in [-0.05, 0) is 25.2 Å². The van der Waals surface area contributed by atoms with E-state index in [9.17, 15) is 14.4 Å². The minimum absolute atomic E-state index is 0.00565. The van der Waals surface area contributed by atoms with E-state index in [0.29, 0.717) is 12.8 Å². The first-order chi connectivity index (χ1) is 17.0. The molecule has 1 fully saturated rings. The average Bonchev–Trinajstić information content (AvgIpc) is 2.85. The second-order valence-electron chi connectivity index (χ2n) is 10.5. The molecular weight excluding hydrogens is 442 g/mol. The maximum Gasteiger partial charge on any atom is 0.329 e. The molecule has 1 rings (SSSR count). The number of unbranched alkanes of at least 4 members (excludes halogenated alkanes) is 11. The molecule has 204 valence electrons. The second-order valence-corrected chi connectivity index (χ2v) is 10.5. The van der Waals surface area contributed by atoms with Crippen LogP contribution in [0.25, 0.3) is 0 Å². The Kier molecular flexibility index (Phi) is 17.6. The maximum atomic E-state index is 12.9. The van der Waals surface area contributed by atoms with Gasteiger partial charge in [0.15, 0.2) is 0 Å². The van der Waals surface area contributed by atoms with Crippen molar-refractivity contribution in [2.24, 2.45) is 11.8 Å². The number of carbonyl (C=O) groups excluding carboxylic acids is 3. The molecule has 1 N–H and O–H groups in total. The van der Waals surface area contributed by atoms with Crippen LogP contribution in [0, 0.1) is 11.8 Å². The fourth-order valence-corrected chi connectivity index (χ4v) is 4.88. The molecule has 35 heavy (non-hydrogen) atoms. The summed E-state index contributed by atoms with van der Waals surface area (Å²) in [5.41, 5.74) is 0. The highest BCUT2D eigenvalue weighted by atomic mass is 16.6. The Morgan fingerprint density at radius 2 is 1.51 bits per heavy atom. The van der Waals surface area contributed by atoms with Crippen molar-refractivity contribution >= 4 is 18.3 Å². The smallest absolute Gasteiger partial charge is 0.329 e. The van der Waals surface area contributed by atoms with Crippen molar-refractivity contribution in [3.05, 3.63) is 0 Å². The first-order valence-corrected chi connectivity index (χ1v) is 14.6. The Hall–Kier alpha value is -1.59. The van der Waals surface area contributed by atoms with Crippen molar-refractivity contribution in [3.63, 3.8) is 0 Å². The summed E-state index contributed by atoms with van der Waals surface area (Å²) in [6, 6.07) is -0.642. The van der Waals surface area contributed by atoms with Crippen LogP contribution in [0.4, 0.5) is 0 Å². The minimum Gasteiger partial charge on any atom is -0.461 e. The molecule has 0 radical (unpaired) electrons. The van der Waals surface area contributed by atoms with E-state index in [0.717, 1.165) is 44.9 Å². The van der Waals surface area contributed by atoms with Crippen molar-refractivity contribution in [3.8, 4) is 0 Å². The van der Waals surface area contributed by atoms with Gasteiger partial charge in [-0.15, -0.1) is 0 Å². The molecule has 0 bridgehead atoms. The summed E-state index contributed by atoms with van der Waals surface area (Å²) in [5.74, 6) is -0.569. The summed E-state index contributed by atoms with van der Waals surface area (Å²) >= 11 is 0. The van der Waals surface area contributed by atoms with E-state index in [1.807, 2.05) is 13.8 Å². The molecule has 1 saturated heterocycles. The highest BCUT2D eigenvalue weighted by molar-refractivity contribution is 5.79. The summed E-state index contributed by atoms with van der Waals surface area (Å²) in [7, 11) is 0. The summed E-state index contributed by atoms with van der Waals surface area (Å²) < 4.78 is 11.4. The van der Waals surface area contributed by atoms with Crippen LogP contribution in [0.1, 0.15) is 137 Å². The standard InChI is InChI=1S/C29H53NO5/c1-5-8-10-12-13-14-15-16-17-19-24(34-29(33)27(30-22-31)23(4)7-3)21-26-25(28(32)35-26)20-18-11-9-6-2/h22-27H,5-21H2,1-4H3,(H,30,31)/t23-,24+,25+,26+,27-/m1/s1. The van der Waals surface area contributed by atoms with Crippen LogP contribution >= 0.6 is 0 Å². The molecule has 0 unspecified atom stereocenters. The fraction of sp³-hybridized carbons (Fsp3) is 0.897. The molecule has 5 atom stereocenters. The van der Waals surface area contributed by atoms with Gasteiger partial charge in [-0.3, -0.25) is 9.59 Å².